The Morgan fingerprint density at radius 1 is 0.825 bits per heavy atom. The molecule has 2 fully saturated rings. The van der Waals surface area contributed by atoms with Crippen LogP contribution in [0.2, 0.25) is 0 Å². The quantitative estimate of drug-likeness (QED) is 0.269. The molecule has 1 aliphatic heterocycles. The molecule has 2 atom stereocenters. The molecule has 0 bridgehead atoms. The highest BCUT2D eigenvalue weighted by molar-refractivity contribution is 5.98. The van der Waals surface area contributed by atoms with Crippen molar-refractivity contribution in [1.82, 2.24) is 4.90 Å². The first-order chi connectivity index (χ1) is 19.3. The molecular formula is C35H41N3O2. The van der Waals surface area contributed by atoms with Crippen LogP contribution < -0.4 is 10.6 Å². The lowest BCUT2D eigenvalue weighted by Gasteiger charge is -2.28. The maximum atomic E-state index is 13.3. The predicted molar refractivity (Wildman–Crippen MR) is 165 cm³/mol. The number of allylic oxidation sites excluding steroid dienone is 1. The molecule has 3 aromatic carbocycles. The number of anilines is 2. The Balaban J connectivity index is 1.26. The van der Waals surface area contributed by atoms with Gasteiger partial charge < -0.3 is 15.5 Å². The molecule has 1 unspecified atom stereocenters. The zero-order valence-electron chi connectivity index (χ0n) is 24.2. The monoisotopic (exact) mass is 535 g/mol. The number of nitrogens with zero attached hydrogens (tertiary/aromatic N) is 1. The number of amides is 2. The molecule has 5 nitrogen and oxygen atoms in total. The maximum absolute atomic E-state index is 13.3. The highest BCUT2D eigenvalue weighted by Crippen LogP contribution is 2.38. The number of hydrogen-bond donors (Lipinski definition) is 2. The Bertz CT molecular complexity index is 1370. The fraction of sp³-hybridized carbons (Fsp3) is 0.371. The summed E-state index contributed by atoms with van der Waals surface area (Å²) in [6.07, 6.45) is 4.99. The minimum absolute atomic E-state index is 0.0362. The summed E-state index contributed by atoms with van der Waals surface area (Å²) >= 11 is 0. The van der Waals surface area contributed by atoms with Crippen LogP contribution in [0.4, 0.5) is 16.2 Å². The Morgan fingerprint density at radius 3 is 1.98 bits per heavy atom. The first-order valence-corrected chi connectivity index (χ1v) is 14.7. The second-order valence-corrected chi connectivity index (χ2v) is 11.5. The molecule has 3 aromatic rings. The number of carbonyl (C=O) groups excluding carboxylic acids is 2. The van der Waals surface area contributed by atoms with Gasteiger partial charge >= 0.3 is 6.03 Å². The predicted octanol–water partition coefficient (Wildman–Crippen LogP) is 8.86. The number of carbonyl (C=O) groups is 2. The van der Waals surface area contributed by atoms with Gasteiger partial charge in [0.25, 0.3) is 0 Å². The molecule has 0 aromatic heterocycles. The van der Waals surface area contributed by atoms with E-state index < -0.39 is 0 Å². The zero-order chi connectivity index (χ0) is 28.2. The smallest absolute Gasteiger partial charge is 0.322 e. The molecule has 2 N–H and O–H groups in total. The first kappa shape index (κ1) is 27.7. The van der Waals surface area contributed by atoms with Gasteiger partial charge in [0.1, 0.15) is 0 Å². The van der Waals surface area contributed by atoms with E-state index in [4.69, 9.17) is 0 Å². The van der Waals surface area contributed by atoms with Crippen LogP contribution in [-0.4, -0.2) is 29.3 Å². The van der Waals surface area contributed by atoms with Crippen molar-refractivity contribution < 1.29 is 9.59 Å². The molecule has 5 rings (SSSR count). The number of ketones is 1. The van der Waals surface area contributed by atoms with E-state index in [0.717, 1.165) is 66.7 Å². The van der Waals surface area contributed by atoms with Gasteiger partial charge in [-0.15, -0.1) is 0 Å². The van der Waals surface area contributed by atoms with Crippen molar-refractivity contribution in [2.24, 2.45) is 5.92 Å². The van der Waals surface area contributed by atoms with Crippen LogP contribution >= 0.6 is 0 Å². The van der Waals surface area contributed by atoms with Gasteiger partial charge in [0, 0.05) is 35.1 Å². The van der Waals surface area contributed by atoms with Gasteiger partial charge in [-0.05, 0) is 84.6 Å². The summed E-state index contributed by atoms with van der Waals surface area (Å²) in [5.74, 6) is 0.711. The summed E-state index contributed by atoms with van der Waals surface area (Å²) in [5, 5.41) is 6.81. The van der Waals surface area contributed by atoms with Crippen LogP contribution in [-0.2, 0) is 0 Å². The van der Waals surface area contributed by atoms with E-state index in [1.54, 1.807) is 0 Å². The minimum atomic E-state index is -0.0362. The SMILES string of the molecule is CCC(C)C(=O)c1ccc(-c2ccc(NC(=C3CC3)[C@H]3CCCN3C(=O)Nc3ccc(C(C)C)cc3)cc2)cc1. The normalized spacial score (nSPS) is 17.1. The van der Waals surface area contributed by atoms with E-state index in [-0.39, 0.29) is 23.8 Å². The van der Waals surface area contributed by atoms with E-state index in [0.29, 0.717) is 5.92 Å². The molecule has 1 saturated carbocycles. The van der Waals surface area contributed by atoms with Gasteiger partial charge in [-0.3, -0.25) is 4.79 Å². The summed E-state index contributed by atoms with van der Waals surface area (Å²) in [6.45, 7) is 9.13. The van der Waals surface area contributed by atoms with Crippen molar-refractivity contribution in [1.29, 1.82) is 0 Å². The Hall–Kier alpha value is -3.86. The minimum Gasteiger partial charge on any atom is -0.357 e. The molecule has 40 heavy (non-hydrogen) atoms. The van der Waals surface area contributed by atoms with Crippen molar-refractivity contribution in [2.75, 3.05) is 17.2 Å². The van der Waals surface area contributed by atoms with Crippen molar-refractivity contribution >= 4 is 23.2 Å². The summed E-state index contributed by atoms with van der Waals surface area (Å²) in [7, 11) is 0. The summed E-state index contributed by atoms with van der Waals surface area (Å²) in [5.41, 5.74) is 8.70. The van der Waals surface area contributed by atoms with Crippen molar-refractivity contribution in [3.8, 4) is 11.1 Å². The number of benzene rings is 3. The lowest BCUT2D eigenvalue weighted by molar-refractivity contribution is 0.0927. The van der Waals surface area contributed by atoms with E-state index in [2.05, 4.69) is 60.9 Å². The van der Waals surface area contributed by atoms with E-state index in [9.17, 15) is 9.59 Å². The lowest BCUT2D eigenvalue weighted by atomic mass is 9.95. The number of hydrogen-bond acceptors (Lipinski definition) is 3. The molecule has 2 aliphatic rings. The fourth-order valence-electron chi connectivity index (χ4n) is 5.39. The molecule has 0 radical (unpaired) electrons. The molecule has 2 amide bonds. The number of urea groups is 1. The third-order valence-electron chi connectivity index (χ3n) is 8.28. The largest absolute Gasteiger partial charge is 0.357 e. The third-order valence-corrected chi connectivity index (χ3v) is 8.28. The van der Waals surface area contributed by atoms with Crippen LogP contribution in [0.25, 0.3) is 11.1 Å². The number of nitrogens with one attached hydrogen (secondary N) is 2. The van der Waals surface area contributed by atoms with Crippen molar-refractivity contribution in [2.45, 2.75) is 71.8 Å². The van der Waals surface area contributed by atoms with Crippen molar-refractivity contribution in [3.05, 3.63) is 95.2 Å². The summed E-state index contributed by atoms with van der Waals surface area (Å²) < 4.78 is 0. The lowest BCUT2D eigenvalue weighted by Crippen LogP contribution is -2.41. The van der Waals surface area contributed by atoms with Crippen LogP contribution in [0, 0.1) is 5.92 Å². The Morgan fingerprint density at radius 2 is 1.40 bits per heavy atom. The molecular weight excluding hydrogens is 494 g/mol. The van der Waals surface area contributed by atoms with Crippen LogP contribution in [0.5, 0.6) is 0 Å². The average Bonchev–Trinajstić information content (AvgIpc) is 3.71. The van der Waals surface area contributed by atoms with Crippen molar-refractivity contribution in [3.63, 3.8) is 0 Å². The number of Topliss-reactive ketones (excluding diaryl/α,β-unsaturated/α-hetero) is 1. The summed E-state index contributed by atoms with van der Waals surface area (Å²) in [6, 6.07) is 24.6. The molecule has 1 heterocycles. The first-order valence-electron chi connectivity index (χ1n) is 14.7. The maximum Gasteiger partial charge on any atom is 0.322 e. The zero-order valence-corrected chi connectivity index (χ0v) is 24.2. The van der Waals surface area contributed by atoms with Crippen LogP contribution in [0.15, 0.2) is 84.1 Å². The molecule has 208 valence electrons. The van der Waals surface area contributed by atoms with E-state index in [1.807, 2.05) is 55.1 Å². The van der Waals surface area contributed by atoms with Gasteiger partial charge in [-0.2, -0.15) is 0 Å². The second kappa shape index (κ2) is 12.1. The van der Waals surface area contributed by atoms with E-state index >= 15 is 0 Å². The molecule has 1 saturated heterocycles. The Kier molecular flexibility index (Phi) is 8.39. The molecule has 1 aliphatic carbocycles. The number of likely N-dealkylation sites (tertiary alicyclic amines) is 1. The Labute approximate surface area is 238 Å². The molecule has 0 spiro atoms. The van der Waals surface area contributed by atoms with E-state index in [1.165, 1.54) is 16.8 Å². The summed E-state index contributed by atoms with van der Waals surface area (Å²) in [4.78, 5) is 27.8. The highest BCUT2D eigenvalue weighted by atomic mass is 16.2. The van der Waals surface area contributed by atoms with Gasteiger partial charge in [0.05, 0.1) is 6.04 Å². The van der Waals surface area contributed by atoms with Gasteiger partial charge in [-0.25, -0.2) is 4.79 Å². The standard InChI is InChI=1S/C35H41N3O2/c1-5-24(4)34(39)29-12-8-26(9-13-29)27-16-20-30(21-17-27)36-33(28-10-11-28)32-7-6-22-38(32)35(40)37-31-18-14-25(15-19-31)23(2)3/h8-9,12-21,23-24,32,36H,5-7,10-11,22H2,1-4H3,(H,37,40)/t24?,32-/m1/s1. The topological polar surface area (TPSA) is 61.4 Å². The fourth-order valence-corrected chi connectivity index (χ4v) is 5.39. The van der Waals surface area contributed by atoms with Crippen LogP contribution in [0.3, 0.4) is 0 Å². The molecule has 5 heteroatoms. The highest BCUT2D eigenvalue weighted by Gasteiger charge is 2.35. The second-order valence-electron chi connectivity index (χ2n) is 11.5. The number of rotatable bonds is 9. The average molecular weight is 536 g/mol. The van der Waals surface area contributed by atoms with Gasteiger partial charge in [-0.1, -0.05) is 76.2 Å². The van der Waals surface area contributed by atoms with Gasteiger partial charge in [0.2, 0.25) is 0 Å². The third kappa shape index (κ3) is 6.30. The van der Waals surface area contributed by atoms with Crippen LogP contribution in [0.1, 0.15) is 81.6 Å². The van der Waals surface area contributed by atoms with Gasteiger partial charge in [0.15, 0.2) is 5.78 Å².